The van der Waals surface area contributed by atoms with E-state index in [2.05, 4.69) is 15.3 Å². The van der Waals surface area contributed by atoms with E-state index in [1.165, 1.54) is 0 Å². The van der Waals surface area contributed by atoms with Crippen LogP contribution < -0.4 is 5.32 Å². The maximum atomic E-state index is 12.0. The molecule has 96 valence electrons. The predicted octanol–water partition coefficient (Wildman–Crippen LogP) is 1.31. The summed E-state index contributed by atoms with van der Waals surface area (Å²) in [5, 5.41) is 12.0. The first-order valence-electron chi connectivity index (χ1n) is 5.96. The molecule has 2 aromatic rings. The van der Waals surface area contributed by atoms with Crippen LogP contribution in [0.25, 0.3) is 11.0 Å². The predicted molar refractivity (Wildman–Crippen MR) is 69.3 cm³/mol. The van der Waals surface area contributed by atoms with E-state index >= 15 is 0 Å². The molecule has 0 spiro atoms. The molecule has 1 atom stereocenters. The molecule has 0 unspecified atom stereocenters. The van der Waals surface area contributed by atoms with Crippen molar-refractivity contribution < 1.29 is 9.90 Å². The minimum absolute atomic E-state index is 0.0598. The Balaban J connectivity index is 2.17. The zero-order valence-electron chi connectivity index (χ0n) is 10.5. The summed E-state index contributed by atoms with van der Waals surface area (Å²) in [6.45, 7) is 3.86. The number of aliphatic hydroxyl groups is 1. The number of carbonyl (C=O) groups is 1. The van der Waals surface area contributed by atoms with Gasteiger partial charge in [-0.3, -0.25) is 4.79 Å². The number of aromatic amines is 1. The Labute approximate surface area is 105 Å². The summed E-state index contributed by atoms with van der Waals surface area (Å²) in [4.78, 5) is 19.1. The zero-order valence-corrected chi connectivity index (χ0v) is 10.5. The van der Waals surface area contributed by atoms with Gasteiger partial charge in [0.15, 0.2) is 0 Å². The summed E-state index contributed by atoms with van der Waals surface area (Å²) in [6, 6.07) is 5.05. The van der Waals surface area contributed by atoms with Crippen molar-refractivity contribution in [3.05, 3.63) is 30.1 Å². The Bertz CT molecular complexity index is 548. The molecular weight excluding hydrogens is 230 g/mol. The number of fused-ring (bicyclic) bond motifs is 1. The third kappa shape index (κ3) is 2.51. The fourth-order valence-corrected chi connectivity index (χ4v) is 1.75. The molecule has 1 heterocycles. The summed E-state index contributed by atoms with van der Waals surface area (Å²) < 4.78 is 0. The number of amides is 1. The number of nitrogens with one attached hydrogen (secondary N) is 2. The van der Waals surface area contributed by atoms with Crippen molar-refractivity contribution in [3.63, 3.8) is 0 Å². The number of carbonyl (C=O) groups excluding carboxylic acids is 1. The number of hydrogen-bond acceptors (Lipinski definition) is 3. The van der Waals surface area contributed by atoms with Gasteiger partial charge in [-0.25, -0.2) is 4.98 Å². The van der Waals surface area contributed by atoms with E-state index in [4.69, 9.17) is 0 Å². The number of aliphatic hydroxyl groups excluding tert-OH is 1. The van der Waals surface area contributed by atoms with Crippen LogP contribution >= 0.6 is 0 Å². The first kappa shape index (κ1) is 12.6. The average molecular weight is 247 g/mol. The second-order valence-corrected chi connectivity index (χ2v) is 4.64. The summed E-state index contributed by atoms with van der Waals surface area (Å²) in [7, 11) is 0. The molecule has 0 aliphatic heterocycles. The third-order valence-electron chi connectivity index (χ3n) is 3.00. The monoisotopic (exact) mass is 247 g/mol. The summed E-state index contributed by atoms with van der Waals surface area (Å²) in [5.74, 6) is 0.00841. The van der Waals surface area contributed by atoms with Crippen LogP contribution in [0.4, 0.5) is 0 Å². The van der Waals surface area contributed by atoms with Gasteiger partial charge >= 0.3 is 0 Å². The second-order valence-electron chi connectivity index (χ2n) is 4.64. The molecule has 0 aliphatic rings. The topological polar surface area (TPSA) is 78.0 Å². The molecule has 5 heteroatoms. The average Bonchev–Trinajstić information content (AvgIpc) is 2.82. The van der Waals surface area contributed by atoms with Crippen molar-refractivity contribution in [1.82, 2.24) is 15.3 Å². The van der Waals surface area contributed by atoms with Gasteiger partial charge in [0.1, 0.15) is 0 Å². The van der Waals surface area contributed by atoms with Crippen molar-refractivity contribution >= 4 is 16.9 Å². The van der Waals surface area contributed by atoms with Gasteiger partial charge in [0.05, 0.1) is 30.0 Å². The van der Waals surface area contributed by atoms with Crippen molar-refractivity contribution in [3.8, 4) is 0 Å². The molecule has 1 aromatic heterocycles. The number of aromatic nitrogens is 2. The molecule has 0 bridgehead atoms. The minimum Gasteiger partial charge on any atom is -0.394 e. The van der Waals surface area contributed by atoms with Gasteiger partial charge in [-0.05, 0) is 24.1 Å². The lowest BCUT2D eigenvalue weighted by Crippen LogP contribution is -2.41. The maximum absolute atomic E-state index is 12.0. The molecule has 0 radical (unpaired) electrons. The Morgan fingerprint density at radius 2 is 2.28 bits per heavy atom. The fourth-order valence-electron chi connectivity index (χ4n) is 1.75. The van der Waals surface area contributed by atoms with Crippen LogP contribution in [0.3, 0.4) is 0 Å². The van der Waals surface area contributed by atoms with Crippen molar-refractivity contribution in [2.75, 3.05) is 6.61 Å². The molecule has 1 amide bonds. The fraction of sp³-hybridized carbons (Fsp3) is 0.385. The zero-order chi connectivity index (χ0) is 13.1. The SMILES string of the molecule is CC(C)[C@@H](CO)NC(=O)c1ccc2nc[nH]c2c1. The van der Waals surface area contributed by atoms with Crippen LogP contribution in [-0.4, -0.2) is 33.6 Å². The first-order valence-corrected chi connectivity index (χ1v) is 5.96. The summed E-state index contributed by atoms with van der Waals surface area (Å²) in [6.07, 6.45) is 1.59. The lowest BCUT2D eigenvalue weighted by molar-refractivity contribution is 0.0897. The smallest absolute Gasteiger partial charge is 0.251 e. The summed E-state index contributed by atoms with van der Waals surface area (Å²) >= 11 is 0. The first-order chi connectivity index (χ1) is 8.61. The molecule has 5 nitrogen and oxygen atoms in total. The molecule has 0 fully saturated rings. The molecule has 0 saturated heterocycles. The summed E-state index contributed by atoms with van der Waals surface area (Å²) in [5.41, 5.74) is 2.22. The van der Waals surface area contributed by atoms with Crippen LogP contribution in [0.2, 0.25) is 0 Å². The highest BCUT2D eigenvalue weighted by Gasteiger charge is 2.16. The second kappa shape index (κ2) is 5.18. The van der Waals surface area contributed by atoms with E-state index in [0.717, 1.165) is 11.0 Å². The Morgan fingerprint density at radius 3 is 2.94 bits per heavy atom. The lowest BCUT2D eigenvalue weighted by atomic mass is 10.0. The van der Waals surface area contributed by atoms with Crippen LogP contribution in [0.15, 0.2) is 24.5 Å². The van der Waals surface area contributed by atoms with Gasteiger partial charge < -0.3 is 15.4 Å². The lowest BCUT2D eigenvalue weighted by Gasteiger charge is -2.19. The number of H-pyrrole nitrogens is 1. The molecule has 3 N–H and O–H groups in total. The van der Waals surface area contributed by atoms with Gasteiger partial charge in [0, 0.05) is 5.56 Å². The maximum Gasteiger partial charge on any atom is 0.251 e. The number of rotatable bonds is 4. The van der Waals surface area contributed by atoms with Crippen LogP contribution in [-0.2, 0) is 0 Å². The highest BCUT2D eigenvalue weighted by molar-refractivity contribution is 5.97. The van der Waals surface area contributed by atoms with Crippen molar-refractivity contribution in [2.24, 2.45) is 5.92 Å². The highest BCUT2D eigenvalue weighted by Crippen LogP contribution is 2.12. The Morgan fingerprint density at radius 1 is 1.50 bits per heavy atom. The molecule has 0 aliphatic carbocycles. The molecule has 0 saturated carbocycles. The van der Waals surface area contributed by atoms with Gasteiger partial charge in [-0.1, -0.05) is 13.8 Å². The van der Waals surface area contributed by atoms with Crippen LogP contribution in [0.1, 0.15) is 24.2 Å². The van der Waals surface area contributed by atoms with Crippen molar-refractivity contribution in [2.45, 2.75) is 19.9 Å². The Hall–Kier alpha value is -1.88. The van der Waals surface area contributed by atoms with E-state index in [1.807, 2.05) is 13.8 Å². The van der Waals surface area contributed by atoms with Gasteiger partial charge in [0.2, 0.25) is 0 Å². The number of hydrogen-bond donors (Lipinski definition) is 3. The van der Waals surface area contributed by atoms with E-state index in [0.29, 0.717) is 5.56 Å². The molecule has 2 rings (SSSR count). The van der Waals surface area contributed by atoms with Crippen LogP contribution in [0, 0.1) is 5.92 Å². The molecular formula is C13H17N3O2. The quantitative estimate of drug-likeness (QED) is 0.762. The minimum atomic E-state index is -0.227. The largest absolute Gasteiger partial charge is 0.394 e. The third-order valence-corrected chi connectivity index (χ3v) is 3.00. The molecule has 18 heavy (non-hydrogen) atoms. The number of imidazole rings is 1. The normalized spacial score (nSPS) is 12.9. The standard InChI is InChI=1S/C13H17N3O2/c1-8(2)12(6-17)16-13(18)9-3-4-10-11(5-9)15-7-14-10/h3-5,7-8,12,17H,6H2,1-2H3,(H,14,15)(H,16,18)/t12-/m1/s1. The van der Waals surface area contributed by atoms with E-state index in [-0.39, 0.29) is 24.5 Å². The van der Waals surface area contributed by atoms with Crippen LogP contribution in [0.5, 0.6) is 0 Å². The Kier molecular flexibility index (Phi) is 3.62. The number of benzene rings is 1. The van der Waals surface area contributed by atoms with Crippen molar-refractivity contribution in [1.29, 1.82) is 0 Å². The van der Waals surface area contributed by atoms with Gasteiger partial charge in [-0.15, -0.1) is 0 Å². The van der Waals surface area contributed by atoms with Gasteiger partial charge in [0.25, 0.3) is 5.91 Å². The van der Waals surface area contributed by atoms with E-state index in [9.17, 15) is 9.90 Å². The molecule has 1 aromatic carbocycles. The van der Waals surface area contributed by atoms with E-state index < -0.39 is 0 Å². The van der Waals surface area contributed by atoms with Gasteiger partial charge in [-0.2, -0.15) is 0 Å². The number of nitrogens with zero attached hydrogens (tertiary/aromatic N) is 1. The highest BCUT2D eigenvalue weighted by atomic mass is 16.3. The van der Waals surface area contributed by atoms with E-state index in [1.54, 1.807) is 24.5 Å².